The molecular weight excluding hydrogens is 286 g/mol. The number of nitrogens with zero attached hydrogens (tertiary/aromatic N) is 2. The molecule has 0 amide bonds. The van der Waals surface area contributed by atoms with E-state index >= 15 is 0 Å². The lowest BCUT2D eigenvalue weighted by atomic mass is 9.95. The second-order valence-corrected chi connectivity index (χ2v) is 5.18. The summed E-state index contributed by atoms with van der Waals surface area (Å²) in [7, 11) is 0. The van der Waals surface area contributed by atoms with Gasteiger partial charge in [-0.05, 0) is 35.2 Å². The van der Waals surface area contributed by atoms with Crippen LogP contribution in [0.3, 0.4) is 0 Å². The SMILES string of the molecule is NNc1ncnc(NC2CC3CCC2O3)c1Br. The van der Waals surface area contributed by atoms with Crippen LogP contribution in [0.5, 0.6) is 0 Å². The number of hydrazine groups is 1. The number of hydrogen-bond donors (Lipinski definition) is 3. The van der Waals surface area contributed by atoms with Crippen LogP contribution >= 0.6 is 15.9 Å². The number of rotatable bonds is 3. The Bertz CT molecular complexity index is 429. The van der Waals surface area contributed by atoms with Crippen molar-refractivity contribution in [3.8, 4) is 0 Å². The van der Waals surface area contributed by atoms with Crippen molar-refractivity contribution in [1.82, 2.24) is 9.97 Å². The summed E-state index contributed by atoms with van der Waals surface area (Å²) in [6.07, 6.45) is 5.58. The van der Waals surface area contributed by atoms with E-state index in [9.17, 15) is 0 Å². The molecule has 1 aromatic heterocycles. The first kappa shape index (κ1) is 11.2. The van der Waals surface area contributed by atoms with Crippen LogP contribution in [0.15, 0.2) is 10.8 Å². The maximum absolute atomic E-state index is 5.79. The van der Waals surface area contributed by atoms with Crippen LogP contribution in [0.25, 0.3) is 0 Å². The van der Waals surface area contributed by atoms with E-state index in [1.54, 1.807) is 0 Å². The van der Waals surface area contributed by atoms with Crippen molar-refractivity contribution in [2.75, 3.05) is 10.7 Å². The van der Waals surface area contributed by atoms with Crippen molar-refractivity contribution in [1.29, 1.82) is 0 Å². The van der Waals surface area contributed by atoms with E-state index < -0.39 is 0 Å². The molecule has 3 rings (SSSR count). The fraction of sp³-hybridized carbons (Fsp3) is 0.600. The monoisotopic (exact) mass is 299 g/mol. The second kappa shape index (κ2) is 4.40. The zero-order valence-corrected chi connectivity index (χ0v) is 10.8. The molecule has 3 unspecified atom stereocenters. The van der Waals surface area contributed by atoms with Gasteiger partial charge in [0.2, 0.25) is 0 Å². The van der Waals surface area contributed by atoms with Gasteiger partial charge in [-0.3, -0.25) is 0 Å². The highest BCUT2D eigenvalue weighted by Crippen LogP contribution is 2.37. The molecule has 2 bridgehead atoms. The third-order valence-corrected chi connectivity index (χ3v) is 4.11. The first-order chi connectivity index (χ1) is 8.28. The van der Waals surface area contributed by atoms with E-state index in [-0.39, 0.29) is 0 Å². The van der Waals surface area contributed by atoms with Gasteiger partial charge < -0.3 is 15.5 Å². The lowest BCUT2D eigenvalue weighted by Gasteiger charge is -2.21. The third-order valence-electron chi connectivity index (χ3n) is 3.35. The van der Waals surface area contributed by atoms with Crippen LogP contribution in [-0.4, -0.2) is 28.2 Å². The van der Waals surface area contributed by atoms with Gasteiger partial charge in [0.05, 0.1) is 18.2 Å². The number of halogens is 1. The molecule has 0 saturated carbocycles. The first-order valence-electron chi connectivity index (χ1n) is 5.67. The van der Waals surface area contributed by atoms with E-state index in [0.717, 1.165) is 23.1 Å². The number of fused-ring (bicyclic) bond motifs is 2. The minimum absolute atomic E-state index is 0.316. The summed E-state index contributed by atoms with van der Waals surface area (Å²) in [5, 5.41) is 3.40. The third kappa shape index (κ3) is 1.98. The molecule has 2 fully saturated rings. The summed E-state index contributed by atoms with van der Waals surface area (Å²) in [6.45, 7) is 0. The number of nitrogens with one attached hydrogen (secondary N) is 2. The fourth-order valence-corrected chi connectivity index (χ4v) is 2.97. The van der Waals surface area contributed by atoms with Crippen molar-refractivity contribution in [3.63, 3.8) is 0 Å². The normalized spacial score (nSPS) is 30.6. The topological polar surface area (TPSA) is 85.1 Å². The van der Waals surface area contributed by atoms with Crippen LogP contribution in [-0.2, 0) is 4.74 Å². The van der Waals surface area contributed by atoms with Gasteiger partial charge in [-0.2, -0.15) is 0 Å². The number of aromatic nitrogens is 2. The van der Waals surface area contributed by atoms with Crippen molar-refractivity contribution < 1.29 is 4.74 Å². The largest absolute Gasteiger partial charge is 0.373 e. The molecule has 4 N–H and O–H groups in total. The molecule has 17 heavy (non-hydrogen) atoms. The quantitative estimate of drug-likeness (QED) is 0.575. The standard InChI is InChI=1S/C10H14BrN5O/c11-8-9(13-4-14-10(8)16-12)15-6-3-5-1-2-7(6)17-5/h4-7H,1-3,12H2,(H2,13,14,15,16). The molecule has 3 atom stereocenters. The van der Waals surface area contributed by atoms with E-state index in [0.29, 0.717) is 24.1 Å². The van der Waals surface area contributed by atoms with Gasteiger partial charge in [-0.25, -0.2) is 15.8 Å². The molecule has 3 heterocycles. The maximum Gasteiger partial charge on any atom is 0.159 e. The zero-order chi connectivity index (χ0) is 11.8. The molecule has 2 saturated heterocycles. The highest BCUT2D eigenvalue weighted by Gasteiger charge is 2.41. The average Bonchev–Trinajstić information content (AvgIpc) is 2.94. The fourth-order valence-electron chi connectivity index (χ4n) is 2.54. The van der Waals surface area contributed by atoms with Crippen LogP contribution in [0, 0.1) is 0 Å². The average molecular weight is 300 g/mol. The predicted octanol–water partition coefficient (Wildman–Crippen LogP) is 1.26. The van der Waals surface area contributed by atoms with Gasteiger partial charge in [-0.1, -0.05) is 0 Å². The lowest BCUT2D eigenvalue weighted by Crippen LogP contribution is -2.31. The van der Waals surface area contributed by atoms with E-state index in [1.807, 2.05) is 0 Å². The van der Waals surface area contributed by atoms with Crippen LogP contribution < -0.4 is 16.6 Å². The first-order valence-corrected chi connectivity index (χ1v) is 6.46. The van der Waals surface area contributed by atoms with Gasteiger partial charge in [0, 0.05) is 0 Å². The number of nitrogens with two attached hydrogens (primary N) is 1. The highest BCUT2D eigenvalue weighted by molar-refractivity contribution is 9.10. The molecule has 92 valence electrons. The zero-order valence-electron chi connectivity index (χ0n) is 9.19. The summed E-state index contributed by atoms with van der Waals surface area (Å²) < 4.78 is 6.55. The Hall–Kier alpha value is -0.920. The Balaban J connectivity index is 1.77. The lowest BCUT2D eigenvalue weighted by molar-refractivity contribution is 0.102. The van der Waals surface area contributed by atoms with Gasteiger partial charge in [0.25, 0.3) is 0 Å². The summed E-state index contributed by atoms with van der Waals surface area (Å²) in [5.74, 6) is 6.70. The molecule has 2 aliphatic rings. The Morgan fingerprint density at radius 1 is 1.35 bits per heavy atom. The number of anilines is 2. The molecule has 0 spiro atoms. The summed E-state index contributed by atoms with van der Waals surface area (Å²) in [4.78, 5) is 8.23. The molecule has 0 aromatic carbocycles. The summed E-state index contributed by atoms with van der Waals surface area (Å²) in [6, 6.07) is 0.338. The van der Waals surface area contributed by atoms with Crippen LogP contribution in [0.4, 0.5) is 11.6 Å². The molecule has 0 aliphatic carbocycles. The Kier molecular flexibility index (Phi) is 2.89. The van der Waals surface area contributed by atoms with Crippen molar-refractivity contribution in [3.05, 3.63) is 10.8 Å². The Labute approximate surface area is 107 Å². The maximum atomic E-state index is 5.79. The van der Waals surface area contributed by atoms with E-state index in [4.69, 9.17) is 10.6 Å². The predicted molar refractivity (Wildman–Crippen MR) is 67.5 cm³/mol. The summed E-state index contributed by atoms with van der Waals surface area (Å²) in [5.41, 5.74) is 2.53. The van der Waals surface area contributed by atoms with Crippen LogP contribution in [0.2, 0.25) is 0 Å². The Morgan fingerprint density at radius 2 is 2.18 bits per heavy atom. The molecule has 1 aromatic rings. The van der Waals surface area contributed by atoms with Gasteiger partial charge in [0.15, 0.2) is 5.82 Å². The minimum Gasteiger partial charge on any atom is -0.373 e. The Morgan fingerprint density at radius 3 is 2.82 bits per heavy atom. The van der Waals surface area contributed by atoms with Crippen molar-refractivity contribution in [2.45, 2.75) is 37.5 Å². The second-order valence-electron chi connectivity index (χ2n) is 4.39. The van der Waals surface area contributed by atoms with E-state index in [2.05, 4.69) is 36.6 Å². The van der Waals surface area contributed by atoms with Crippen molar-refractivity contribution in [2.24, 2.45) is 5.84 Å². The minimum atomic E-state index is 0.316. The highest BCUT2D eigenvalue weighted by atomic mass is 79.9. The van der Waals surface area contributed by atoms with Crippen LogP contribution in [0.1, 0.15) is 19.3 Å². The van der Waals surface area contributed by atoms with Crippen molar-refractivity contribution >= 4 is 27.6 Å². The summed E-state index contributed by atoms with van der Waals surface area (Å²) >= 11 is 3.43. The molecule has 2 aliphatic heterocycles. The number of hydrogen-bond acceptors (Lipinski definition) is 6. The van der Waals surface area contributed by atoms with E-state index in [1.165, 1.54) is 12.7 Å². The molecule has 6 nitrogen and oxygen atoms in total. The molecule has 7 heteroatoms. The number of nitrogen functional groups attached to an aromatic ring is 1. The molecular formula is C10H14BrN5O. The molecule has 0 radical (unpaired) electrons. The number of ether oxygens (including phenoxy) is 1. The van der Waals surface area contributed by atoms with Gasteiger partial charge in [-0.15, -0.1) is 0 Å². The van der Waals surface area contributed by atoms with Gasteiger partial charge >= 0.3 is 0 Å². The van der Waals surface area contributed by atoms with Gasteiger partial charge in [0.1, 0.15) is 16.6 Å². The smallest absolute Gasteiger partial charge is 0.159 e.